The Hall–Kier alpha value is -0.990. The van der Waals surface area contributed by atoms with E-state index in [1.807, 2.05) is 0 Å². The van der Waals surface area contributed by atoms with Crippen LogP contribution >= 0.6 is 0 Å². The van der Waals surface area contributed by atoms with E-state index in [4.69, 9.17) is 5.73 Å². The molecule has 78 valence electrons. The highest BCUT2D eigenvalue weighted by molar-refractivity contribution is 5.42. The number of hydrogen-bond donors (Lipinski definition) is 2. The summed E-state index contributed by atoms with van der Waals surface area (Å²) in [5.74, 6) is 2.17. The molecule has 3 nitrogen and oxygen atoms in total. The molecule has 0 aromatic carbocycles. The van der Waals surface area contributed by atoms with Crippen LogP contribution in [0.15, 0.2) is 0 Å². The fourth-order valence-corrected chi connectivity index (χ4v) is 2.52. The molecule has 0 radical (unpaired) electrons. The third-order valence-corrected chi connectivity index (χ3v) is 3.43. The lowest BCUT2D eigenvalue weighted by Gasteiger charge is -2.26. The largest absolute Gasteiger partial charge is 0.382 e. The van der Waals surface area contributed by atoms with Gasteiger partial charge in [-0.25, -0.2) is 0 Å². The highest BCUT2D eigenvalue weighted by Crippen LogP contribution is 2.36. The molecular formula is C11H19N3. The van der Waals surface area contributed by atoms with Gasteiger partial charge in [-0.2, -0.15) is 5.10 Å². The van der Waals surface area contributed by atoms with E-state index < -0.39 is 0 Å². The first-order valence-corrected chi connectivity index (χ1v) is 5.48. The summed E-state index contributed by atoms with van der Waals surface area (Å²) in [7, 11) is 0. The maximum Gasteiger partial charge on any atom is 0.148 e. The fourth-order valence-electron chi connectivity index (χ4n) is 2.52. The zero-order valence-corrected chi connectivity index (χ0v) is 9.01. The lowest BCUT2D eigenvalue weighted by atomic mass is 9.80. The summed E-state index contributed by atoms with van der Waals surface area (Å²) in [6, 6.07) is 0. The first-order valence-electron chi connectivity index (χ1n) is 5.48. The molecule has 3 N–H and O–H groups in total. The maximum absolute atomic E-state index is 5.74. The Morgan fingerprint density at radius 2 is 2.21 bits per heavy atom. The SMILES string of the molecule is Cc1c(N)n[nH]c1C1CCCC(C)C1. The smallest absolute Gasteiger partial charge is 0.148 e. The number of hydrogen-bond acceptors (Lipinski definition) is 2. The van der Waals surface area contributed by atoms with Gasteiger partial charge in [-0.15, -0.1) is 0 Å². The van der Waals surface area contributed by atoms with Crippen LogP contribution < -0.4 is 5.73 Å². The molecule has 1 aliphatic rings. The summed E-state index contributed by atoms with van der Waals surface area (Å²) in [5.41, 5.74) is 8.17. The summed E-state index contributed by atoms with van der Waals surface area (Å²) < 4.78 is 0. The van der Waals surface area contributed by atoms with E-state index in [-0.39, 0.29) is 0 Å². The average molecular weight is 193 g/mol. The summed E-state index contributed by atoms with van der Waals surface area (Å²) in [4.78, 5) is 0. The molecule has 1 heterocycles. The third kappa shape index (κ3) is 1.63. The van der Waals surface area contributed by atoms with Crippen LogP contribution in [0.2, 0.25) is 0 Å². The van der Waals surface area contributed by atoms with Gasteiger partial charge < -0.3 is 5.73 Å². The predicted molar refractivity (Wildman–Crippen MR) is 58.1 cm³/mol. The van der Waals surface area contributed by atoms with Crippen LogP contribution in [-0.2, 0) is 0 Å². The van der Waals surface area contributed by atoms with Gasteiger partial charge >= 0.3 is 0 Å². The molecule has 1 aliphatic carbocycles. The number of nitrogens with two attached hydrogens (primary N) is 1. The second-order valence-corrected chi connectivity index (χ2v) is 4.62. The van der Waals surface area contributed by atoms with Crippen molar-refractivity contribution in [2.45, 2.75) is 45.4 Å². The molecule has 0 aliphatic heterocycles. The topological polar surface area (TPSA) is 54.7 Å². The summed E-state index contributed by atoms with van der Waals surface area (Å²) in [5, 5.41) is 7.16. The highest BCUT2D eigenvalue weighted by Gasteiger charge is 2.23. The summed E-state index contributed by atoms with van der Waals surface area (Å²) in [6.45, 7) is 4.40. The van der Waals surface area contributed by atoms with E-state index in [0.29, 0.717) is 11.7 Å². The summed E-state index contributed by atoms with van der Waals surface area (Å²) in [6.07, 6.45) is 5.28. The zero-order valence-electron chi connectivity index (χ0n) is 9.01. The quantitative estimate of drug-likeness (QED) is 0.720. The normalized spacial score (nSPS) is 27.9. The van der Waals surface area contributed by atoms with Crippen LogP contribution in [0.1, 0.15) is 49.8 Å². The van der Waals surface area contributed by atoms with E-state index in [1.165, 1.54) is 31.4 Å². The lowest BCUT2D eigenvalue weighted by molar-refractivity contribution is 0.339. The number of nitrogens with one attached hydrogen (secondary N) is 1. The molecule has 0 amide bonds. The molecule has 0 spiro atoms. The van der Waals surface area contributed by atoms with Crippen LogP contribution in [0.5, 0.6) is 0 Å². The van der Waals surface area contributed by atoms with E-state index in [0.717, 1.165) is 11.5 Å². The van der Waals surface area contributed by atoms with Gasteiger partial charge in [0.1, 0.15) is 5.82 Å². The molecule has 1 aromatic rings. The van der Waals surface area contributed by atoms with Crippen molar-refractivity contribution in [3.63, 3.8) is 0 Å². The van der Waals surface area contributed by atoms with Crippen LogP contribution in [0, 0.1) is 12.8 Å². The monoisotopic (exact) mass is 193 g/mol. The van der Waals surface area contributed by atoms with Crippen molar-refractivity contribution in [2.24, 2.45) is 5.92 Å². The van der Waals surface area contributed by atoms with Gasteiger partial charge in [-0.3, -0.25) is 5.10 Å². The second kappa shape index (κ2) is 3.64. The van der Waals surface area contributed by atoms with Gasteiger partial charge in [0.2, 0.25) is 0 Å². The Balaban J connectivity index is 2.18. The predicted octanol–water partition coefficient (Wildman–Crippen LogP) is 2.59. The maximum atomic E-state index is 5.74. The molecule has 2 atom stereocenters. The Labute approximate surface area is 85.1 Å². The van der Waals surface area contributed by atoms with Gasteiger partial charge in [-0.05, 0) is 25.7 Å². The lowest BCUT2D eigenvalue weighted by Crippen LogP contribution is -2.12. The van der Waals surface area contributed by atoms with E-state index in [2.05, 4.69) is 24.0 Å². The van der Waals surface area contributed by atoms with Crippen molar-refractivity contribution in [1.29, 1.82) is 0 Å². The number of H-pyrrole nitrogens is 1. The van der Waals surface area contributed by atoms with Gasteiger partial charge in [0.05, 0.1) is 0 Å². The Morgan fingerprint density at radius 1 is 1.43 bits per heavy atom. The summed E-state index contributed by atoms with van der Waals surface area (Å²) >= 11 is 0. The first-order chi connectivity index (χ1) is 6.68. The second-order valence-electron chi connectivity index (χ2n) is 4.62. The van der Waals surface area contributed by atoms with Crippen molar-refractivity contribution < 1.29 is 0 Å². The third-order valence-electron chi connectivity index (χ3n) is 3.43. The molecule has 0 saturated heterocycles. The Kier molecular flexibility index (Phi) is 2.48. The fraction of sp³-hybridized carbons (Fsp3) is 0.727. The number of anilines is 1. The number of aromatic amines is 1. The van der Waals surface area contributed by atoms with Crippen molar-refractivity contribution >= 4 is 5.82 Å². The van der Waals surface area contributed by atoms with E-state index in [1.54, 1.807) is 0 Å². The molecule has 14 heavy (non-hydrogen) atoms. The zero-order chi connectivity index (χ0) is 10.1. The van der Waals surface area contributed by atoms with Crippen LogP contribution in [0.25, 0.3) is 0 Å². The molecular weight excluding hydrogens is 174 g/mol. The van der Waals surface area contributed by atoms with Crippen LogP contribution in [0.3, 0.4) is 0 Å². The van der Waals surface area contributed by atoms with E-state index >= 15 is 0 Å². The van der Waals surface area contributed by atoms with E-state index in [9.17, 15) is 0 Å². The van der Waals surface area contributed by atoms with Gasteiger partial charge in [0.25, 0.3) is 0 Å². The molecule has 1 fully saturated rings. The van der Waals surface area contributed by atoms with Gasteiger partial charge in [0, 0.05) is 17.2 Å². The Bertz CT molecular complexity index is 316. The number of aromatic nitrogens is 2. The molecule has 0 bridgehead atoms. The minimum atomic E-state index is 0.656. The number of rotatable bonds is 1. The molecule has 1 aromatic heterocycles. The standard InChI is InChI=1S/C11H19N3/c1-7-4-3-5-9(6-7)10-8(2)11(12)14-13-10/h7,9H,3-6H2,1-2H3,(H3,12,13,14). The van der Waals surface area contributed by atoms with Crippen LogP contribution in [0.4, 0.5) is 5.82 Å². The molecule has 3 heteroatoms. The minimum Gasteiger partial charge on any atom is -0.382 e. The van der Waals surface area contributed by atoms with Gasteiger partial charge in [-0.1, -0.05) is 19.8 Å². The number of nitrogen functional groups attached to an aromatic ring is 1. The Morgan fingerprint density at radius 3 is 2.79 bits per heavy atom. The van der Waals surface area contributed by atoms with Crippen molar-refractivity contribution in [3.8, 4) is 0 Å². The molecule has 1 saturated carbocycles. The van der Waals surface area contributed by atoms with Crippen molar-refractivity contribution in [1.82, 2.24) is 10.2 Å². The van der Waals surface area contributed by atoms with Gasteiger partial charge in [0.15, 0.2) is 0 Å². The molecule has 2 unspecified atom stereocenters. The highest BCUT2D eigenvalue weighted by atomic mass is 15.2. The van der Waals surface area contributed by atoms with Crippen molar-refractivity contribution in [3.05, 3.63) is 11.3 Å². The number of nitrogens with zero attached hydrogens (tertiary/aromatic N) is 1. The molecule has 2 rings (SSSR count). The average Bonchev–Trinajstić information content (AvgIpc) is 2.48. The van der Waals surface area contributed by atoms with Crippen LogP contribution in [-0.4, -0.2) is 10.2 Å². The minimum absolute atomic E-state index is 0.656. The first kappa shape index (κ1) is 9.56. The van der Waals surface area contributed by atoms with Crippen molar-refractivity contribution in [2.75, 3.05) is 5.73 Å².